The van der Waals surface area contributed by atoms with Crippen LogP contribution in [0.25, 0.3) is 0 Å². The molecule has 3 aromatic rings. The largest absolute Gasteiger partial charge is 0.469 e. The summed E-state index contributed by atoms with van der Waals surface area (Å²) in [6.45, 7) is 4.28. The maximum Gasteiger partial charge on any atom is 0.260 e. The predicted octanol–water partition coefficient (Wildman–Crippen LogP) is 3.50. The van der Waals surface area contributed by atoms with E-state index < -0.39 is 0 Å². The SMILES string of the molecule is Cc1cc([C@H]2CCCN2C(=O)Cc2csc(NC(=O)c3ccoc3C)n2)on1. The highest BCUT2D eigenvalue weighted by Crippen LogP contribution is 2.33. The van der Waals surface area contributed by atoms with E-state index in [1.54, 1.807) is 18.4 Å². The van der Waals surface area contributed by atoms with Crippen molar-refractivity contribution in [3.63, 3.8) is 0 Å². The Morgan fingerprint density at radius 1 is 1.39 bits per heavy atom. The first-order chi connectivity index (χ1) is 13.5. The van der Waals surface area contributed by atoms with Gasteiger partial charge in [-0.2, -0.15) is 0 Å². The Hall–Kier alpha value is -2.94. The second kappa shape index (κ2) is 7.59. The normalized spacial score (nSPS) is 16.5. The van der Waals surface area contributed by atoms with Gasteiger partial charge in [-0.15, -0.1) is 11.3 Å². The van der Waals surface area contributed by atoms with Crippen LogP contribution in [0.3, 0.4) is 0 Å². The number of hydrogen-bond donors (Lipinski definition) is 1. The average Bonchev–Trinajstić information content (AvgIpc) is 3.42. The molecule has 4 heterocycles. The zero-order valence-corrected chi connectivity index (χ0v) is 16.4. The van der Waals surface area contributed by atoms with Gasteiger partial charge in [0, 0.05) is 18.0 Å². The van der Waals surface area contributed by atoms with Crippen molar-refractivity contribution in [2.75, 3.05) is 11.9 Å². The quantitative estimate of drug-likeness (QED) is 0.703. The highest BCUT2D eigenvalue weighted by atomic mass is 32.1. The van der Waals surface area contributed by atoms with Gasteiger partial charge in [-0.25, -0.2) is 4.98 Å². The number of thiazole rings is 1. The van der Waals surface area contributed by atoms with E-state index in [2.05, 4.69) is 15.5 Å². The Morgan fingerprint density at radius 2 is 2.25 bits per heavy atom. The minimum Gasteiger partial charge on any atom is -0.469 e. The van der Waals surface area contributed by atoms with Gasteiger partial charge in [-0.3, -0.25) is 14.9 Å². The third-order valence-electron chi connectivity index (χ3n) is 4.76. The molecule has 0 bridgehead atoms. The minimum absolute atomic E-state index is 0.00888. The van der Waals surface area contributed by atoms with Gasteiger partial charge in [0.05, 0.1) is 35.7 Å². The van der Waals surface area contributed by atoms with Crippen molar-refractivity contribution in [3.8, 4) is 0 Å². The highest BCUT2D eigenvalue weighted by molar-refractivity contribution is 7.14. The molecule has 1 aliphatic rings. The van der Waals surface area contributed by atoms with Gasteiger partial charge in [0.25, 0.3) is 5.91 Å². The van der Waals surface area contributed by atoms with Gasteiger partial charge in [0.2, 0.25) is 5.91 Å². The summed E-state index contributed by atoms with van der Waals surface area (Å²) >= 11 is 1.29. The summed E-state index contributed by atoms with van der Waals surface area (Å²) in [5.41, 5.74) is 1.91. The Bertz CT molecular complexity index is 1010. The van der Waals surface area contributed by atoms with Crippen molar-refractivity contribution < 1.29 is 18.5 Å². The van der Waals surface area contributed by atoms with Gasteiger partial charge in [-0.05, 0) is 32.8 Å². The van der Waals surface area contributed by atoms with Crippen LogP contribution in [0, 0.1) is 13.8 Å². The number of aryl methyl sites for hydroxylation is 2. The summed E-state index contributed by atoms with van der Waals surface area (Å²) in [6, 6.07) is 3.42. The molecule has 1 fully saturated rings. The molecular formula is C19H20N4O4S. The fourth-order valence-corrected chi connectivity index (χ4v) is 4.09. The van der Waals surface area contributed by atoms with E-state index in [4.69, 9.17) is 8.94 Å². The molecule has 9 heteroatoms. The summed E-state index contributed by atoms with van der Waals surface area (Å²) < 4.78 is 10.5. The minimum atomic E-state index is -0.279. The number of hydrogen-bond acceptors (Lipinski definition) is 7. The lowest BCUT2D eigenvalue weighted by Gasteiger charge is -2.22. The number of carbonyl (C=O) groups excluding carboxylic acids is 2. The summed E-state index contributed by atoms with van der Waals surface area (Å²) in [6.07, 6.45) is 3.45. The molecule has 1 atom stereocenters. The van der Waals surface area contributed by atoms with Crippen LogP contribution in [0.5, 0.6) is 0 Å². The molecule has 0 saturated carbocycles. The first-order valence-corrected chi connectivity index (χ1v) is 9.92. The summed E-state index contributed by atoms with van der Waals surface area (Å²) in [5, 5.41) is 8.92. The van der Waals surface area contributed by atoms with E-state index in [-0.39, 0.29) is 24.3 Å². The molecule has 1 aliphatic heterocycles. The monoisotopic (exact) mass is 400 g/mol. The first-order valence-electron chi connectivity index (χ1n) is 9.04. The fraction of sp³-hybridized carbons (Fsp3) is 0.368. The molecule has 2 amide bonds. The lowest BCUT2D eigenvalue weighted by Crippen LogP contribution is -2.31. The number of amides is 2. The number of rotatable bonds is 5. The van der Waals surface area contributed by atoms with Gasteiger partial charge >= 0.3 is 0 Å². The molecular weight excluding hydrogens is 380 g/mol. The first kappa shape index (κ1) is 18.4. The number of nitrogens with one attached hydrogen (secondary N) is 1. The summed E-state index contributed by atoms with van der Waals surface area (Å²) in [7, 11) is 0. The van der Waals surface area contributed by atoms with Crippen LogP contribution in [-0.2, 0) is 11.2 Å². The Labute approximate surface area is 165 Å². The van der Waals surface area contributed by atoms with Gasteiger partial charge in [0.15, 0.2) is 10.9 Å². The second-order valence-corrected chi connectivity index (χ2v) is 7.64. The van der Waals surface area contributed by atoms with Crippen LogP contribution in [0.15, 0.2) is 32.7 Å². The van der Waals surface area contributed by atoms with Crippen molar-refractivity contribution in [2.45, 2.75) is 39.2 Å². The van der Waals surface area contributed by atoms with E-state index in [1.807, 2.05) is 17.9 Å². The predicted molar refractivity (Wildman–Crippen MR) is 102 cm³/mol. The summed E-state index contributed by atoms with van der Waals surface area (Å²) in [5.74, 6) is 0.987. The number of likely N-dealkylation sites (tertiary alicyclic amines) is 1. The highest BCUT2D eigenvalue weighted by Gasteiger charge is 2.32. The molecule has 0 unspecified atom stereocenters. The van der Waals surface area contributed by atoms with Gasteiger partial charge in [0.1, 0.15) is 5.76 Å². The molecule has 146 valence electrons. The smallest absolute Gasteiger partial charge is 0.260 e. The van der Waals surface area contributed by atoms with Crippen molar-refractivity contribution in [3.05, 3.63) is 52.2 Å². The Morgan fingerprint density at radius 3 is 2.96 bits per heavy atom. The summed E-state index contributed by atoms with van der Waals surface area (Å²) in [4.78, 5) is 31.2. The molecule has 0 spiro atoms. The topological polar surface area (TPSA) is 101 Å². The van der Waals surface area contributed by atoms with Crippen molar-refractivity contribution in [2.24, 2.45) is 0 Å². The third kappa shape index (κ3) is 3.70. The molecule has 8 nitrogen and oxygen atoms in total. The molecule has 1 N–H and O–H groups in total. The second-order valence-electron chi connectivity index (χ2n) is 6.78. The van der Waals surface area contributed by atoms with Crippen molar-refractivity contribution in [1.82, 2.24) is 15.0 Å². The van der Waals surface area contributed by atoms with Crippen molar-refractivity contribution in [1.29, 1.82) is 0 Å². The van der Waals surface area contributed by atoms with E-state index in [0.29, 0.717) is 28.7 Å². The Kier molecular flexibility index (Phi) is 4.99. The Balaban J connectivity index is 1.40. The molecule has 1 saturated heterocycles. The van der Waals surface area contributed by atoms with Crippen LogP contribution >= 0.6 is 11.3 Å². The lowest BCUT2D eigenvalue weighted by molar-refractivity contribution is -0.131. The number of anilines is 1. The fourth-order valence-electron chi connectivity index (χ4n) is 3.39. The maximum absolute atomic E-state index is 12.8. The number of furan rings is 1. The van der Waals surface area contributed by atoms with Gasteiger partial charge < -0.3 is 13.8 Å². The zero-order valence-electron chi connectivity index (χ0n) is 15.6. The van der Waals surface area contributed by atoms with Gasteiger partial charge in [-0.1, -0.05) is 5.16 Å². The number of nitrogens with zero attached hydrogens (tertiary/aromatic N) is 3. The molecule has 3 aromatic heterocycles. The zero-order chi connectivity index (χ0) is 19.7. The van der Waals surface area contributed by atoms with E-state index in [9.17, 15) is 9.59 Å². The van der Waals surface area contributed by atoms with E-state index >= 15 is 0 Å². The maximum atomic E-state index is 12.8. The molecule has 0 radical (unpaired) electrons. The van der Waals surface area contributed by atoms with E-state index in [1.165, 1.54) is 17.6 Å². The van der Waals surface area contributed by atoms with E-state index in [0.717, 1.165) is 24.3 Å². The van der Waals surface area contributed by atoms with Crippen LogP contribution in [-0.4, -0.2) is 33.4 Å². The van der Waals surface area contributed by atoms with Crippen molar-refractivity contribution >= 4 is 28.3 Å². The van der Waals surface area contributed by atoms with Crippen LogP contribution < -0.4 is 5.32 Å². The lowest BCUT2D eigenvalue weighted by atomic mass is 10.1. The molecule has 4 rings (SSSR count). The van der Waals surface area contributed by atoms with Crippen LogP contribution in [0.4, 0.5) is 5.13 Å². The molecule has 28 heavy (non-hydrogen) atoms. The number of aromatic nitrogens is 2. The van der Waals surface area contributed by atoms with Crippen LogP contribution in [0.1, 0.15) is 52.1 Å². The number of carbonyl (C=O) groups is 2. The van der Waals surface area contributed by atoms with Crippen LogP contribution in [0.2, 0.25) is 0 Å². The molecule has 0 aromatic carbocycles. The third-order valence-corrected chi connectivity index (χ3v) is 5.56. The molecule has 0 aliphatic carbocycles. The average molecular weight is 400 g/mol. The standard InChI is InChI=1S/C19H20N4O4S/c1-11-8-16(27-22-11)15-4-3-6-23(15)17(24)9-13-10-28-19(20-13)21-18(25)14-5-7-26-12(14)2/h5,7-8,10,15H,3-4,6,9H2,1-2H3,(H,20,21,25)/t15-/m1/s1.